The molecule has 0 radical (unpaired) electrons. The van der Waals surface area contributed by atoms with Gasteiger partial charge in [0.15, 0.2) is 0 Å². The van der Waals surface area contributed by atoms with Gasteiger partial charge in [0.25, 0.3) is 5.91 Å². The first-order chi connectivity index (χ1) is 12.7. The van der Waals surface area contributed by atoms with Crippen LogP contribution in [0.25, 0.3) is 0 Å². The number of carbonyl (C=O) groups is 2. The van der Waals surface area contributed by atoms with Gasteiger partial charge >= 0.3 is 0 Å². The topological polar surface area (TPSA) is 98.2 Å². The largest absolute Gasteiger partial charge is 0.391 e. The number of β-amino-alcohol motifs (C(OH)–C–C–N with tert-alkyl or cyclic N) is 1. The monoisotopic (exact) mass is 395 g/mol. The second-order valence-electron chi connectivity index (χ2n) is 7.29. The molecule has 9 heteroatoms. The van der Waals surface area contributed by atoms with Gasteiger partial charge in [-0.1, -0.05) is 0 Å². The molecule has 2 fully saturated rings. The van der Waals surface area contributed by atoms with Gasteiger partial charge in [-0.05, 0) is 30.7 Å². The van der Waals surface area contributed by atoms with Crippen molar-refractivity contribution in [1.29, 1.82) is 0 Å². The highest BCUT2D eigenvalue weighted by molar-refractivity contribution is 7.89. The lowest BCUT2D eigenvalue weighted by molar-refractivity contribution is -0.117. The number of carbonyl (C=O) groups excluding carboxylic acids is 2. The molecule has 2 atom stereocenters. The lowest BCUT2D eigenvalue weighted by atomic mass is 10.1. The minimum atomic E-state index is -3.45. The fraction of sp³-hybridized carbons (Fsp3) is 0.556. The zero-order chi connectivity index (χ0) is 19.8. The molecule has 0 unspecified atom stereocenters. The van der Waals surface area contributed by atoms with E-state index < -0.39 is 22.0 Å². The fourth-order valence-corrected chi connectivity index (χ4v) is 4.66. The molecule has 0 bridgehead atoms. The Morgan fingerprint density at radius 2 is 1.89 bits per heavy atom. The van der Waals surface area contributed by atoms with Crippen LogP contribution in [0.4, 0.5) is 5.69 Å². The van der Waals surface area contributed by atoms with E-state index in [1.54, 1.807) is 29.2 Å². The highest BCUT2D eigenvalue weighted by atomic mass is 32.2. The van der Waals surface area contributed by atoms with Crippen molar-refractivity contribution >= 4 is 27.5 Å². The predicted octanol–water partition coefficient (Wildman–Crippen LogP) is 0.138. The van der Waals surface area contributed by atoms with Crippen molar-refractivity contribution in [1.82, 2.24) is 9.21 Å². The van der Waals surface area contributed by atoms with Gasteiger partial charge in [-0.25, -0.2) is 12.7 Å². The van der Waals surface area contributed by atoms with Crippen molar-refractivity contribution in [2.75, 3.05) is 44.4 Å². The Hall–Kier alpha value is -1.97. The third-order valence-corrected chi connectivity index (χ3v) is 7.14. The molecule has 0 spiro atoms. The van der Waals surface area contributed by atoms with E-state index in [1.807, 2.05) is 0 Å². The third-order valence-electron chi connectivity index (χ3n) is 5.17. The Kier molecular flexibility index (Phi) is 5.55. The van der Waals surface area contributed by atoms with Crippen LogP contribution in [0.15, 0.2) is 24.3 Å². The first-order valence-electron chi connectivity index (χ1n) is 8.97. The molecule has 1 N–H and O–H groups in total. The Balaban J connectivity index is 1.67. The minimum absolute atomic E-state index is 0.0849. The van der Waals surface area contributed by atoms with Crippen LogP contribution < -0.4 is 4.90 Å². The highest BCUT2D eigenvalue weighted by Gasteiger charge is 2.37. The second kappa shape index (κ2) is 7.57. The third kappa shape index (κ3) is 4.15. The summed E-state index contributed by atoms with van der Waals surface area (Å²) >= 11 is 0. The van der Waals surface area contributed by atoms with Gasteiger partial charge in [-0.3, -0.25) is 9.59 Å². The van der Waals surface area contributed by atoms with Crippen molar-refractivity contribution in [2.24, 2.45) is 5.92 Å². The normalized spacial score (nSPS) is 23.5. The number of sulfonamides is 1. The van der Waals surface area contributed by atoms with Crippen LogP contribution in [0.3, 0.4) is 0 Å². The van der Waals surface area contributed by atoms with Crippen molar-refractivity contribution in [3.8, 4) is 0 Å². The molecule has 27 heavy (non-hydrogen) atoms. The number of aliphatic hydroxyl groups excluding tert-OH is 1. The maximum Gasteiger partial charge on any atom is 0.253 e. The summed E-state index contributed by atoms with van der Waals surface area (Å²) < 4.78 is 25.2. The summed E-state index contributed by atoms with van der Waals surface area (Å²) in [7, 11) is -0.549. The molecule has 3 rings (SSSR count). The number of amides is 2. The zero-order valence-electron chi connectivity index (χ0n) is 15.5. The highest BCUT2D eigenvalue weighted by Crippen LogP contribution is 2.24. The number of nitrogens with zero attached hydrogens (tertiary/aromatic N) is 3. The van der Waals surface area contributed by atoms with Crippen molar-refractivity contribution < 1.29 is 23.1 Å². The Morgan fingerprint density at radius 3 is 2.44 bits per heavy atom. The minimum Gasteiger partial charge on any atom is -0.391 e. The molecule has 0 aromatic heterocycles. The molecule has 0 aliphatic carbocycles. The summed E-state index contributed by atoms with van der Waals surface area (Å²) in [5.41, 5.74) is 1.22. The smallest absolute Gasteiger partial charge is 0.253 e. The van der Waals surface area contributed by atoms with E-state index >= 15 is 0 Å². The predicted molar refractivity (Wildman–Crippen MR) is 101 cm³/mol. The molecule has 1 aromatic carbocycles. The summed E-state index contributed by atoms with van der Waals surface area (Å²) in [5.74, 6) is -0.872. The quantitative estimate of drug-likeness (QED) is 0.765. The van der Waals surface area contributed by atoms with Gasteiger partial charge in [0.1, 0.15) is 0 Å². The van der Waals surface area contributed by atoms with E-state index in [1.165, 1.54) is 19.0 Å². The molecular formula is C18H25N3O5S. The van der Waals surface area contributed by atoms with Gasteiger partial charge in [0, 0.05) is 57.3 Å². The van der Waals surface area contributed by atoms with Gasteiger partial charge in [-0.15, -0.1) is 0 Å². The van der Waals surface area contributed by atoms with E-state index in [0.29, 0.717) is 18.5 Å². The van der Waals surface area contributed by atoms with E-state index in [4.69, 9.17) is 0 Å². The fourth-order valence-electron chi connectivity index (χ4n) is 3.49. The van der Waals surface area contributed by atoms with E-state index in [2.05, 4.69) is 0 Å². The second-order valence-corrected chi connectivity index (χ2v) is 9.52. The first-order valence-corrected chi connectivity index (χ1v) is 10.6. The summed E-state index contributed by atoms with van der Waals surface area (Å²) in [6.45, 7) is 0.991. The van der Waals surface area contributed by atoms with Crippen LogP contribution in [-0.2, 0) is 14.8 Å². The maximum absolute atomic E-state index is 12.7. The lowest BCUT2D eigenvalue weighted by Crippen LogP contribution is -2.33. The van der Waals surface area contributed by atoms with Crippen LogP contribution >= 0.6 is 0 Å². The SMILES string of the molecule is CN(C)S(=O)(=O)C[C@@H]1CN(C(=O)c2ccc(N3CCCC3=O)cc2)C[C@@H]1O. The number of hydrogen-bond donors (Lipinski definition) is 1. The van der Waals surface area contributed by atoms with Crippen LogP contribution in [0, 0.1) is 5.92 Å². The standard InChI is InChI=1S/C18H25N3O5S/c1-19(2)27(25,26)12-14-10-20(11-16(14)22)18(24)13-5-7-15(8-6-13)21-9-3-4-17(21)23/h5-8,14,16,22H,3-4,9-12H2,1-2H3/t14-,16-/m0/s1. The molecule has 1 aromatic rings. The molecule has 2 amide bonds. The molecule has 2 heterocycles. The average Bonchev–Trinajstić information content (AvgIpc) is 3.20. The van der Waals surface area contributed by atoms with Crippen LogP contribution in [0.2, 0.25) is 0 Å². The summed E-state index contributed by atoms with van der Waals surface area (Å²) in [6, 6.07) is 6.83. The number of rotatable bonds is 5. The van der Waals surface area contributed by atoms with Crippen molar-refractivity contribution in [2.45, 2.75) is 18.9 Å². The van der Waals surface area contributed by atoms with Gasteiger partial charge in [-0.2, -0.15) is 0 Å². The van der Waals surface area contributed by atoms with Gasteiger partial charge in [0.05, 0.1) is 11.9 Å². The lowest BCUT2D eigenvalue weighted by Gasteiger charge is -2.19. The van der Waals surface area contributed by atoms with Crippen molar-refractivity contribution in [3.05, 3.63) is 29.8 Å². The van der Waals surface area contributed by atoms with Crippen LogP contribution in [0.1, 0.15) is 23.2 Å². The summed E-state index contributed by atoms with van der Waals surface area (Å²) in [4.78, 5) is 27.7. The number of hydrogen-bond acceptors (Lipinski definition) is 5. The summed E-state index contributed by atoms with van der Waals surface area (Å²) in [6.07, 6.45) is 0.511. The molecular weight excluding hydrogens is 370 g/mol. The van der Waals surface area contributed by atoms with Crippen LogP contribution in [-0.4, -0.2) is 80.1 Å². The molecule has 8 nitrogen and oxygen atoms in total. The molecule has 2 aliphatic rings. The van der Waals surface area contributed by atoms with E-state index in [-0.39, 0.29) is 30.7 Å². The van der Waals surface area contributed by atoms with Gasteiger partial charge in [0.2, 0.25) is 15.9 Å². The van der Waals surface area contributed by atoms with Crippen LogP contribution in [0.5, 0.6) is 0 Å². The van der Waals surface area contributed by atoms with E-state index in [9.17, 15) is 23.1 Å². The number of benzene rings is 1. The van der Waals surface area contributed by atoms with E-state index in [0.717, 1.165) is 16.4 Å². The number of likely N-dealkylation sites (tertiary alicyclic amines) is 1. The zero-order valence-corrected chi connectivity index (χ0v) is 16.4. The Labute approximate surface area is 159 Å². The summed E-state index contributed by atoms with van der Waals surface area (Å²) in [5, 5.41) is 10.2. The molecule has 2 saturated heterocycles. The molecule has 148 valence electrons. The van der Waals surface area contributed by atoms with Gasteiger partial charge < -0.3 is 14.9 Å². The molecule has 0 saturated carbocycles. The Morgan fingerprint density at radius 1 is 1.22 bits per heavy atom. The maximum atomic E-state index is 12.7. The average molecular weight is 395 g/mol. The molecule has 2 aliphatic heterocycles. The number of anilines is 1. The first kappa shape index (κ1) is 19.8. The van der Waals surface area contributed by atoms with Crippen molar-refractivity contribution in [3.63, 3.8) is 0 Å². The Bertz CT molecular complexity index is 822. The number of aliphatic hydroxyl groups is 1.